The molecule has 134 valence electrons. The number of halogens is 1. The maximum atomic E-state index is 13.3. The Morgan fingerprint density at radius 1 is 1.19 bits per heavy atom. The molecule has 0 radical (unpaired) electrons. The highest BCUT2D eigenvalue weighted by molar-refractivity contribution is 7.99. The maximum absolute atomic E-state index is 13.3. The molecule has 0 aliphatic carbocycles. The van der Waals surface area contributed by atoms with Gasteiger partial charge >= 0.3 is 0 Å². The highest BCUT2D eigenvalue weighted by Crippen LogP contribution is 2.38. The Labute approximate surface area is 154 Å². The quantitative estimate of drug-likeness (QED) is 0.699. The van der Waals surface area contributed by atoms with E-state index in [1.807, 2.05) is 30.3 Å². The second kappa shape index (κ2) is 8.16. The molecule has 1 heterocycles. The number of aromatic nitrogens is 2. The fraction of sp³-hybridized carbons (Fsp3) is 0.158. The summed E-state index contributed by atoms with van der Waals surface area (Å²) in [6.45, 7) is 0.0148. The number of benzene rings is 2. The van der Waals surface area contributed by atoms with Crippen molar-refractivity contribution in [1.82, 2.24) is 15.1 Å². The van der Waals surface area contributed by atoms with Gasteiger partial charge in [0.15, 0.2) is 0 Å². The van der Waals surface area contributed by atoms with Crippen molar-refractivity contribution >= 4 is 17.7 Å². The molecular weight excluding hydrogens is 353 g/mol. The Balaban J connectivity index is 2.08. The third-order valence-electron chi connectivity index (χ3n) is 3.70. The molecule has 7 heteroatoms. The Morgan fingerprint density at radius 3 is 2.54 bits per heavy atom. The first-order valence-electron chi connectivity index (χ1n) is 8.05. The molecule has 0 atom stereocenters. The number of hydrogen-bond donors (Lipinski definition) is 2. The highest BCUT2D eigenvalue weighted by atomic mass is 32.2. The van der Waals surface area contributed by atoms with Gasteiger partial charge in [-0.3, -0.25) is 9.48 Å². The molecule has 0 saturated heterocycles. The number of aliphatic hydroxyl groups excluding tert-OH is 1. The minimum atomic E-state index is -0.331. The van der Waals surface area contributed by atoms with Crippen molar-refractivity contribution in [2.24, 2.45) is 7.05 Å². The molecule has 0 unspecified atom stereocenters. The van der Waals surface area contributed by atoms with Crippen LogP contribution in [0.15, 0.2) is 64.4 Å². The summed E-state index contributed by atoms with van der Waals surface area (Å²) in [6, 6.07) is 15.7. The lowest BCUT2D eigenvalue weighted by atomic mass is 10.1. The molecule has 2 aromatic carbocycles. The topological polar surface area (TPSA) is 67.2 Å². The molecule has 1 amide bonds. The molecule has 0 fully saturated rings. The normalized spacial score (nSPS) is 10.7. The minimum absolute atomic E-state index is 0.143. The number of hydrogen-bond acceptors (Lipinski definition) is 4. The zero-order valence-corrected chi connectivity index (χ0v) is 15.0. The highest BCUT2D eigenvalue weighted by Gasteiger charge is 2.23. The number of nitrogens with zero attached hydrogens (tertiary/aromatic N) is 2. The van der Waals surface area contributed by atoms with Crippen LogP contribution in [-0.4, -0.2) is 33.9 Å². The Kier molecular flexibility index (Phi) is 5.70. The summed E-state index contributed by atoms with van der Waals surface area (Å²) in [7, 11) is 1.69. The summed E-state index contributed by atoms with van der Waals surface area (Å²) in [6.07, 6.45) is 0. The molecule has 0 spiro atoms. The molecule has 0 aliphatic rings. The van der Waals surface area contributed by atoms with Crippen LogP contribution in [0.1, 0.15) is 10.5 Å². The summed E-state index contributed by atoms with van der Waals surface area (Å²) >= 11 is 1.42. The van der Waals surface area contributed by atoms with E-state index in [4.69, 9.17) is 5.11 Å². The maximum Gasteiger partial charge on any atom is 0.270 e. The van der Waals surface area contributed by atoms with Crippen LogP contribution in [0.3, 0.4) is 0 Å². The van der Waals surface area contributed by atoms with Crippen molar-refractivity contribution in [3.63, 3.8) is 0 Å². The van der Waals surface area contributed by atoms with Crippen LogP contribution in [0.5, 0.6) is 0 Å². The number of carbonyl (C=O) groups excluding carboxylic acids is 1. The predicted molar refractivity (Wildman–Crippen MR) is 98.6 cm³/mol. The molecule has 0 aliphatic heterocycles. The largest absolute Gasteiger partial charge is 0.395 e. The third kappa shape index (κ3) is 3.95. The SMILES string of the molecule is Cn1nc(-c2ccc(F)cc2)c(Sc2ccccc2)c1C(=O)NCCO. The van der Waals surface area contributed by atoms with Gasteiger partial charge in [-0.2, -0.15) is 5.10 Å². The van der Waals surface area contributed by atoms with E-state index in [2.05, 4.69) is 10.4 Å². The van der Waals surface area contributed by atoms with Crippen molar-refractivity contribution in [3.8, 4) is 11.3 Å². The van der Waals surface area contributed by atoms with E-state index in [9.17, 15) is 9.18 Å². The third-order valence-corrected chi connectivity index (χ3v) is 4.80. The van der Waals surface area contributed by atoms with E-state index in [1.165, 1.54) is 28.6 Å². The van der Waals surface area contributed by atoms with Crippen molar-refractivity contribution in [3.05, 3.63) is 66.1 Å². The minimum Gasteiger partial charge on any atom is -0.395 e. The molecule has 3 aromatic rings. The van der Waals surface area contributed by atoms with E-state index in [-0.39, 0.29) is 24.9 Å². The fourth-order valence-corrected chi connectivity index (χ4v) is 3.61. The van der Waals surface area contributed by atoms with Gasteiger partial charge in [0.1, 0.15) is 17.2 Å². The molecule has 1 aromatic heterocycles. The molecule has 5 nitrogen and oxygen atoms in total. The lowest BCUT2D eigenvalue weighted by Crippen LogP contribution is -2.28. The second-order valence-electron chi connectivity index (χ2n) is 5.55. The van der Waals surface area contributed by atoms with Crippen LogP contribution in [0.25, 0.3) is 11.3 Å². The number of nitrogens with one attached hydrogen (secondary N) is 1. The van der Waals surface area contributed by atoms with Gasteiger partial charge in [-0.1, -0.05) is 30.0 Å². The zero-order valence-electron chi connectivity index (χ0n) is 14.1. The Morgan fingerprint density at radius 2 is 1.88 bits per heavy atom. The van der Waals surface area contributed by atoms with Crippen LogP contribution < -0.4 is 5.32 Å². The second-order valence-corrected chi connectivity index (χ2v) is 6.64. The summed E-state index contributed by atoms with van der Waals surface area (Å²) in [4.78, 5) is 14.2. The van der Waals surface area contributed by atoms with Crippen LogP contribution in [-0.2, 0) is 7.05 Å². The lowest BCUT2D eigenvalue weighted by molar-refractivity contribution is 0.0932. The number of carbonyl (C=O) groups is 1. The van der Waals surface area contributed by atoms with Gasteiger partial charge in [0, 0.05) is 24.1 Å². The van der Waals surface area contributed by atoms with Gasteiger partial charge in [-0.15, -0.1) is 0 Å². The van der Waals surface area contributed by atoms with E-state index >= 15 is 0 Å². The van der Waals surface area contributed by atoms with E-state index in [1.54, 1.807) is 19.2 Å². The monoisotopic (exact) mass is 371 g/mol. The van der Waals surface area contributed by atoms with Gasteiger partial charge < -0.3 is 10.4 Å². The van der Waals surface area contributed by atoms with Crippen LogP contribution >= 0.6 is 11.8 Å². The van der Waals surface area contributed by atoms with Crippen molar-refractivity contribution in [1.29, 1.82) is 0 Å². The average Bonchev–Trinajstić information content (AvgIpc) is 2.97. The first kappa shape index (κ1) is 18.2. The first-order valence-corrected chi connectivity index (χ1v) is 8.86. The smallest absolute Gasteiger partial charge is 0.270 e. The summed E-state index contributed by atoms with van der Waals surface area (Å²) in [5.74, 6) is -0.649. The average molecular weight is 371 g/mol. The fourth-order valence-electron chi connectivity index (χ4n) is 2.51. The van der Waals surface area contributed by atoms with Gasteiger partial charge in [0.2, 0.25) is 0 Å². The zero-order chi connectivity index (χ0) is 18.5. The summed E-state index contributed by atoms with van der Waals surface area (Å²) < 4.78 is 14.8. The molecule has 3 rings (SSSR count). The van der Waals surface area contributed by atoms with Gasteiger partial charge in [-0.05, 0) is 36.4 Å². The lowest BCUT2D eigenvalue weighted by Gasteiger charge is -2.08. The molecular formula is C19H18FN3O2S. The van der Waals surface area contributed by atoms with E-state index in [0.717, 1.165) is 10.5 Å². The van der Waals surface area contributed by atoms with Crippen molar-refractivity contribution < 1.29 is 14.3 Å². The van der Waals surface area contributed by atoms with Gasteiger partial charge in [0.05, 0.1) is 11.5 Å². The predicted octanol–water partition coefficient (Wildman–Crippen LogP) is 3.10. The van der Waals surface area contributed by atoms with Crippen LogP contribution in [0.4, 0.5) is 4.39 Å². The van der Waals surface area contributed by atoms with E-state index in [0.29, 0.717) is 16.3 Å². The number of aliphatic hydroxyl groups is 1. The molecule has 0 bridgehead atoms. The number of aryl methyl sites for hydroxylation is 1. The van der Waals surface area contributed by atoms with Crippen LogP contribution in [0, 0.1) is 5.82 Å². The standard InChI is InChI=1S/C19H18FN3O2S/c1-23-17(19(25)21-11-12-24)18(26-15-5-3-2-4-6-15)16(22-23)13-7-9-14(20)10-8-13/h2-10,24H,11-12H2,1H3,(H,21,25). The summed E-state index contributed by atoms with van der Waals surface area (Å²) in [5.41, 5.74) is 1.73. The molecule has 26 heavy (non-hydrogen) atoms. The van der Waals surface area contributed by atoms with Crippen molar-refractivity contribution in [2.45, 2.75) is 9.79 Å². The van der Waals surface area contributed by atoms with E-state index < -0.39 is 0 Å². The Hall–Kier alpha value is -2.64. The Bertz CT molecular complexity index is 895. The molecule has 2 N–H and O–H groups in total. The first-order chi connectivity index (χ1) is 12.6. The number of rotatable bonds is 6. The van der Waals surface area contributed by atoms with Crippen LogP contribution in [0.2, 0.25) is 0 Å². The summed E-state index contributed by atoms with van der Waals surface area (Å²) in [5, 5.41) is 16.1. The number of amides is 1. The van der Waals surface area contributed by atoms with Gasteiger partial charge in [-0.25, -0.2) is 4.39 Å². The van der Waals surface area contributed by atoms with Crippen molar-refractivity contribution in [2.75, 3.05) is 13.2 Å². The molecule has 0 saturated carbocycles. The van der Waals surface area contributed by atoms with Gasteiger partial charge in [0.25, 0.3) is 5.91 Å².